The first kappa shape index (κ1) is 12.2. The van der Waals surface area contributed by atoms with Crippen LogP contribution in [0.15, 0.2) is 5.16 Å². The number of nitrogens with zero attached hydrogens (tertiary/aromatic N) is 4. The molecule has 0 saturated carbocycles. The van der Waals surface area contributed by atoms with Crippen molar-refractivity contribution in [3.05, 3.63) is 0 Å². The third-order valence-corrected chi connectivity index (χ3v) is 2.39. The van der Waals surface area contributed by atoms with Gasteiger partial charge >= 0.3 is 6.18 Å². The Labute approximate surface area is 87.7 Å². The molecule has 0 unspecified atom stereocenters. The van der Waals surface area contributed by atoms with E-state index in [0.29, 0.717) is 0 Å². The lowest BCUT2D eigenvalue weighted by molar-refractivity contribution is -0.129. The van der Waals surface area contributed by atoms with E-state index in [1.807, 2.05) is 0 Å². The summed E-state index contributed by atoms with van der Waals surface area (Å²) in [6.07, 6.45) is -5.05. The van der Waals surface area contributed by atoms with Gasteiger partial charge in [0.25, 0.3) is 0 Å². The summed E-state index contributed by atoms with van der Waals surface area (Å²) in [6.45, 7) is 0.0270. The summed E-state index contributed by atoms with van der Waals surface area (Å²) in [7, 11) is 0. The van der Waals surface area contributed by atoms with Gasteiger partial charge in [0, 0.05) is 5.75 Å². The van der Waals surface area contributed by atoms with Crippen molar-refractivity contribution >= 4 is 11.8 Å². The molecule has 5 nitrogen and oxygen atoms in total. The smallest absolute Gasteiger partial charge is 0.389 e. The van der Waals surface area contributed by atoms with Crippen LogP contribution in [0.2, 0.25) is 0 Å². The molecule has 0 aliphatic carbocycles. The molecule has 0 bridgehead atoms. The molecule has 9 heteroatoms. The molecule has 0 fully saturated rings. The summed E-state index contributed by atoms with van der Waals surface area (Å²) in [4.78, 5) is 0. The Morgan fingerprint density at radius 3 is 2.73 bits per heavy atom. The highest BCUT2D eigenvalue weighted by Crippen LogP contribution is 2.24. The average Bonchev–Trinajstić information content (AvgIpc) is 2.51. The Morgan fingerprint density at radius 2 is 2.13 bits per heavy atom. The highest BCUT2D eigenvalue weighted by molar-refractivity contribution is 7.99. The SMILES string of the molecule is OCCn1nnnc1SCCC(F)(F)F. The molecule has 0 radical (unpaired) electrons. The van der Waals surface area contributed by atoms with Crippen LogP contribution in [0.5, 0.6) is 0 Å². The van der Waals surface area contributed by atoms with E-state index in [1.54, 1.807) is 0 Å². The molecular weight excluding hydrogens is 233 g/mol. The van der Waals surface area contributed by atoms with E-state index in [0.717, 1.165) is 11.8 Å². The quantitative estimate of drug-likeness (QED) is 0.770. The summed E-state index contributed by atoms with van der Waals surface area (Å²) in [5.41, 5.74) is 0. The summed E-state index contributed by atoms with van der Waals surface area (Å²) < 4.78 is 36.7. The van der Waals surface area contributed by atoms with Crippen molar-refractivity contribution in [1.29, 1.82) is 0 Å². The highest BCUT2D eigenvalue weighted by atomic mass is 32.2. The average molecular weight is 242 g/mol. The molecule has 1 heterocycles. The molecular formula is C6H9F3N4OS. The van der Waals surface area contributed by atoms with Gasteiger partial charge in [0.1, 0.15) is 0 Å². The summed E-state index contributed by atoms with van der Waals surface area (Å²) >= 11 is 0.916. The minimum absolute atomic E-state index is 0.130. The van der Waals surface area contributed by atoms with Crippen LogP contribution in [0.25, 0.3) is 0 Å². The third kappa shape index (κ3) is 4.47. The lowest BCUT2D eigenvalue weighted by Gasteiger charge is -2.05. The van der Waals surface area contributed by atoms with Crippen molar-refractivity contribution in [2.24, 2.45) is 0 Å². The van der Waals surface area contributed by atoms with Crippen molar-refractivity contribution in [3.8, 4) is 0 Å². The van der Waals surface area contributed by atoms with Crippen LogP contribution in [-0.4, -0.2) is 43.8 Å². The number of aliphatic hydroxyl groups excluding tert-OH is 1. The lowest BCUT2D eigenvalue weighted by Crippen LogP contribution is -2.09. The molecule has 86 valence electrons. The third-order valence-electron chi connectivity index (χ3n) is 1.43. The van der Waals surface area contributed by atoms with Crippen LogP contribution in [-0.2, 0) is 6.54 Å². The second kappa shape index (κ2) is 5.31. The Bertz CT molecular complexity index is 303. The van der Waals surface area contributed by atoms with E-state index < -0.39 is 12.6 Å². The number of tetrazole rings is 1. The minimum atomic E-state index is -4.16. The van der Waals surface area contributed by atoms with Crippen molar-refractivity contribution in [2.45, 2.75) is 24.3 Å². The van der Waals surface area contributed by atoms with Gasteiger partial charge in [-0.2, -0.15) is 13.2 Å². The van der Waals surface area contributed by atoms with Crippen molar-refractivity contribution in [2.75, 3.05) is 12.4 Å². The monoisotopic (exact) mass is 242 g/mol. The molecule has 1 rings (SSSR count). The maximum Gasteiger partial charge on any atom is 0.389 e. The highest BCUT2D eigenvalue weighted by Gasteiger charge is 2.26. The van der Waals surface area contributed by atoms with Gasteiger partial charge in [-0.05, 0) is 10.4 Å². The van der Waals surface area contributed by atoms with Crippen LogP contribution < -0.4 is 0 Å². The fourth-order valence-electron chi connectivity index (χ4n) is 0.793. The number of hydrogen-bond donors (Lipinski definition) is 1. The number of aliphatic hydroxyl groups is 1. The van der Waals surface area contributed by atoms with Gasteiger partial charge in [-0.15, -0.1) is 5.10 Å². The molecule has 0 atom stereocenters. The van der Waals surface area contributed by atoms with Crippen LogP contribution in [0.3, 0.4) is 0 Å². The zero-order valence-electron chi connectivity index (χ0n) is 7.61. The Hall–Kier alpha value is -0.830. The van der Waals surface area contributed by atoms with E-state index in [2.05, 4.69) is 15.5 Å². The Morgan fingerprint density at radius 1 is 1.40 bits per heavy atom. The summed E-state index contributed by atoms with van der Waals surface area (Å²) in [5, 5.41) is 19.3. The van der Waals surface area contributed by atoms with Gasteiger partial charge in [0.05, 0.1) is 19.6 Å². The number of thioether (sulfide) groups is 1. The standard InChI is InChI=1S/C6H9F3N4OS/c7-6(8,9)1-4-15-5-10-11-12-13(5)2-3-14/h14H,1-4H2. The fourth-order valence-corrected chi connectivity index (χ4v) is 1.68. The van der Waals surface area contributed by atoms with Crippen LogP contribution in [0, 0.1) is 0 Å². The normalized spacial score (nSPS) is 12.0. The molecule has 1 aromatic heterocycles. The van der Waals surface area contributed by atoms with E-state index >= 15 is 0 Å². The van der Waals surface area contributed by atoms with E-state index in [4.69, 9.17) is 5.11 Å². The second-order valence-electron chi connectivity index (χ2n) is 2.62. The largest absolute Gasteiger partial charge is 0.394 e. The van der Waals surface area contributed by atoms with Crippen molar-refractivity contribution in [1.82, 2.24) is 20.2 Å². The molecule has 1 N–H and O–H groups in total. The summed E-state index contributed by atoms with van der Waals surface area (Å²) in [5.74, 6) is -0.130. The molecule has 0 aliphatic heterocycles. The maximum atomic E-state index is 11.8. The van der Waals surface area contributed by atoms with E-state index in [1.165, 1.54) is 4.68 Å². The molecule has 0 aromatic carbocycles. The summed E-state index contributed by atoms with van der Waals surface area (Å²) in [6, 6.07) is 0. The lowest BCUT2D eigenvalue weighted by atomic mass is 10.5. The fraction of sp³-hybridized carbons (Fsp3) is 0.833. The zero-order valence-corrected chi connectivity index (χ0v) is 8.42. The topological polar surface area (TPSA) is 63.8 Å². The van der Waals surface area contributed by atoms with Gasteiger partial charge in [-0.25, -0.2) is 4.68 Å². The van der Waals surface area contributed by atoms with Gasteiger partial charge in [0.15, 0.2) is 0 Å². The first-order valence-electron chi connectivity index (χ1n) is 4.09. The van der Waals surface area contributed by atoms with Crippen LogP contribution in [0.1, 0.15) is 6.42 Å². The zero-order chi connectivity index (χ0) is 11.3. The maximum absolute atomic E-state index is 11.8. The van der Waals surface area contributed by atoms with Crippen molar-refractivity contribution < 1.29 is 18.3 Å². The molecule has 0 amide bonds. The van der Waals surface area contributed by atoms with E-state index in [9.17, 15) is 13.2 Å². The molecule has 0 aliphatic rings. The Balaban J connectivity index is 2.40. The van der Waals surface area contributed by atoms with Gasteiger partial charge in [-0.1, -0.05) is 11.8 Å². The predicted molar refractivity (Wildman–Crippen MR) is 46.3 cm³/mol. The minimum Gasteiger partial charge on any atom is -0.394 e. The van der Waals surface area contributed by atoms with Crippen molar-refractivity contribution in [3.63, 3.8) is 0 Å². The van der Waals surface area contributed by atoms with Gasteiger partial charge in [-0.3, -0.25) is 0 Å². The van der Waals surface area contributed by atoms with Gasteiger partial charge in [0.2, 0.25) is 5.16 Å². The molecule has 0 saturated heterocycles. The second-order valence-corrected chi connectivity index (χ2v) is 3.68. The number of hydrogen-bond acceptors (Lipinski definition) is 5. The first-order chi connectivity index (χ1) is 7.03. The predicted octanol–water partition coefficient (Wildman–Crippen LogP) is 0.710. The first-order valence-corrected chi connectivity index (χ1v) is 5.08. The number of halogens is 3. The number of alkyl halides is 3. The van der Waals surface area contributed by atoms with Crippen LogP contribution in [0.4, 0.5) is 13.2 Å². The molecule has 15 heavy (non-hydrogen) atoms. The number of aromatic nitrogens is 4. The van der Waals surface area contributed by atoms with Gasteiger partial charge < -0.3 is 5.11 Å². The molecule has 1 aromatic rings. The Kier molecular flexibility index (Phi) is 4.33. The molecule has 0 spiro atoms. The number of rotatable bonds is 5. The van der Waals surface area contributed by atoms with E-state index in [-0.39, 0.29) is 24.1 Å². The van der Waals surface area contributed by atoms with Crippen LogP contribution >= 0.6 is 11.8 Å².